The molecule has 0 bridgehead atoms. The first-order valence-corrected chi connectivity index (χ1v) is 10.4. The minimum atomic E-state index is -4.74. The lowest BCUT2D eigenvalue weighted by molar-refractivity contribution is -0.137. The third kappa shape index (κ3) is 3.71. The van der Waals surface area contributed by atoms with E-state index in [4.69, 9.17) is 11.0 Å². The van der Waals surface area contributed by atoms with Crippen LogP contribution in [0.5, 0.6) is 0 Å². The van der Waals surface area contributed by atoms with Crippen LogP contribution >= 0.6 is 0 Å². The smallest absolute Gasteiger partial charge is 0.370 e. The van der Waals surface area contributed by atoms with Crippen molar-refractivity contribution in [2.45, 2.75) is 43.8 Å². The fraction of sp³-hybridized carbons (Fsp3) is 0.292. The third-order valence-electron chi connectivity index (χ3n) is 6.27. The highest BCUT2D eigenvalue weighted by molar-refractivity contribution is 6.11. The van der Waals surface area contributed by atoms with Crippen LogP contribution < -0.4 is 15.5 Å². The molecule has 2 aromatic rings. The van der Waals surface area contributed by atoms with Crippen LogP contribution in [0.2, 0.25) is 0 Å². The second kappa shape index (κ2) is 7.96. The number of nitrogens with two attached hydrogens (primary N) is 1. The summed E-state index contributed by atoms with van der Waals surface area (Å²) in [7, 11) is 0. The molecule has 1 aliphatic heterocycles. The Hall–Kier alpha value is -3.80. The van der Waals surface area contributed by atoms with Crippen molar-refractivity contribution in [1.82, 2.24) is 0 Å². The summed E-state index contributed by atoms with van der Waals surface area (Å²) in [4.78, 5) is 27.5. The van der Waals surface area contributed by atoms with Crippen molar-refractivity contribution in [2.24, 2.45) is 5.73 Å². The molecule has 2 fully saturated rings. The molecule has 1 spiro atoms. The van der Waals surface area contributed by atoms with Gasteiger partial charge in [0.15, 0.2) is 0 Å². The van der Waals surface area contributed by atoms with Crippen molar-refractivity contribution in [3.05, 3.63) is 71.6 Å². The Balaban J connectivity index is 1.71. The summed E-state index contributed by atoms with van der Waals surface area (Å²) in [6.07, 6.45) is -2.13. The van der Waals surface area contributed by atoms with E-state index in [2.05, 4.69) is 6.58 Å². The van der Waals surface area contributed by atoms with Crippen molar-refractivity contribution in [3.8, 4) is 6.07 Å². The first-order chi connectivity index (χ1) is 15.6. The lowest BCUT2D eigenvalue weighted by Gasteiger charge is -2.43. The average molecular weight is 454 g/mol. The van der Waals surface area contributed by atoms with Gasteiger partial charge in [0.05, 0.1) is 22.9 Å². The van der Waals surface area contributed by atoms with E-state index in [1.54, 1.807) is 23.1 Å². The van der Waals surface area contributed by atoms with Gasteiger partial charge >= 0.3 is 6.18 Å². The molecular weight excluding hydrogens is 433 g/mol. The third-order valence-corrected chi connectivity index (χ3v) is 6.27. The Morgan fingerprint density at radius 2 is 1.79 bits per heavy atom. The van der Waals surface area contributed by atoms with Gasteiger partial charge in [-0.25, -0.2) is 0 Å². The van der Waals surface area contributed by atoms with Crippen LogP contribution in [0.15, 0.2) is 54.9 Å². The maximum Gasteiger partial charge on any atom is 0.417 e. The summed E-state index contributed by atoms with van der Waals surface area (Å²) >= 11 is 0. The lowest BCUT2D eigenvalue weighted by atomic mass is 9.75. The highest BCUT2D eigenvalue weighted by Crippen LogP contribution is 2.50. The number of amides is 2. The molecule has 1 saturated heterocycles. The van der Waals surface area contributed by atoms with Gasteiger partial charge in [-0.05, 0) is 61.6 Å². The van der Waals surface area contributed by atoms with Crippen LogP contribution in [0.4, 0.5) is 24.5 Å². The van der Waals surface area contributed by atoms with Gasteiger partial charge in [0, 0.05) is 12.1 Å². The van der Waals surface area contributed by atoms with Gasteiger partial charge in [0.2, 0.25) is 5.91 Å². The van der Waals surface area contributed by atoms with Crippen LogP contribution in [0.25, 0.3) is 0 Å². The van der Waals surface area contributed by atoms with E-state index in [1.807, 2.05) is 12.1 Å². The van der Waals surface area contributed by atoms with E-state index in [0.29, 0.717) is 24.9 Å². The zero-order chi connectivity index (χ0) is 24.0. The van der Waals surface area contributed by atoms with E-state index in [0.717, 1.165) is 24.1 Å². The summed E-state index contributed by atoms with van der Waals surface area (Å²) in [6, 6.07) is 12.0. The predicted molar refractivity (Wildman–Crippen MR) is 116 cm³/mol. The summed E-state index contributed by atoms with van der Waals surface area (Å²) in [5.41, 5.74) is 4.29. The molecule has 9 heteroatoms. The minimum absolute atomic E-state index is 0.0168. The van der Waals surface area contributed by atoms with Crippen molar-refractivity contribution < 1.29 is 22.8 Å². The number of carbonyl (C=O) groups excluding carboxylic acids is 2. The summed E-state index contributed by atoms with van der Waals surface area (Å²) < 4.78 is 40.5. The molecule has 0 radical (unpaired) electrons. The fourth-order valence-electron chi connectivity index (χ4n) is 4.46. The van der Waals surface area contributed by atoms with Gasteiger partial charge in [-0.15, -0.1) is 0 Å². The quantitative estimate of drug-likeness (QED) is 0.732. The number of halogens is 3. The number of hydrogen-bond donors (Lipinski definition) is 1. The van der Waals surface area contributed by atoms with E-state index < -0.39 is 28.7 Å². The number of anilines is 2. The van der Waals surface area contributed by atoms with Gasteiger partial charge in [0.25, 0.3) is 5.91 Å². The van der Waals surface area contributed by atoms with Gasteiger partial charge in [-0.1, -0.05) is 18.7 Å². The Morgan fingerprint density at radius 1 is 1.15 bits per heavy atom. The Bertz CT molecular complexity index is 1180. The normalized spacial score (nSPS) is 17.3. The largest absolute Gasteiger partial charge is 0.417 e. The molecule has 4 rings (SSSR count). The Kier molecular flexibility index (Phi) is 5.40. The van der Waals surface area contributed by atoms with Crippen molar-refractivity contribution in [2.75, 3.05) is 9.80 Å². The van der Waals surface area contributed by atoms with Crippen molar-refractivity contribution in [3.63, 3.8) is 0 Å². The maximum absolute atomic E-state index is 13.5. The molecule has 2 N–H and O–H groups in total. The van der Waals surface area contributed by atoms with Gasteiger partial charge in [-0.2, -0.15) is 18.4 Å². The summed E-state index contributed by atoms with van der Waals surface area (Å²) in [5.74, 6) is -0.487. The standard InChI is InChI=1S/C24H21F3N4O2/c1-15-30(19-9-6-17(14-28)20(13-19)24(25,26)27)22(33)23(11-2-12-23)31(15)18-7-3-16(4-8-18)5-10-21(29)32/h3-4,6-9,13H,1-2,5,10-12H2,(H2,29,32). The second-order valence-electron chi connectivity index (χ2n) is 8.25. The number of hydrogen-bond acceptors (Lipinski definition) is 4. The first kappa shape index (κ1) is 22.4. The fourth-order valence-corrected chi connectivity index (χ4v) is 4.46. The maximum atomic E-state index is 13.5. The number of carbonyl (C=O) groups is 2. The number of rotatable bonds is 5. The molecule has 0 atom stereocenters. The molecule has 170 valence electrons. The Labute approximate surface area is 188 Å². The number of nitriles is 1. The number of nitrogens with zero attached hydrogens (tertiary/aromatic N) is 3. The number of aryl methyl sites for hydroxylation is 1. The molecule has 2 aromatic carbocycles. The van der Waals surface area contributed by atoms with E-state index in [1.165, 1.54) is 11.0 Å². The SMILES string of the molecule is C=C1N(c2ccc(C#N)c(C(F)(F)F)c2)C(=O)C2(CCC2)N1c1ccc(CCC(N)=O)cc1. The molecule has 1 aliphatic carbocycles. The molecule has 0 unspecified atom stereocenters. The molecule has 0 aromatic heterocycles. The Morgan fingerprint density at radius 3 is 2.30 bits per heavy atom. The van der Waals surface area contributed by atoms with Crippen molar-refractivity contribution >= 4 is 23.2 Å². The first-order valence-electron chi connectivity index (χ1n) is 10.4. The van der Waals surface area contributed by atoms with E-state index in [9.17, 15) is 22.8 Å². The number of primary amides is 1. The van der Waals surface area contributed by atoms with E-state index in [-0.39, 0.29) is 23.8 Å². The predicted octanol–water partition coefficient (Wildman–Crippen LogP) is 4.24. The molecule has 33 heavy (non-hydrogen) atoms. The van der Waals surface area contributed by atoms with Gasteiger partial charge < -0.3 is 10.6 Å². The average Bonchev–Trinajstić information content (AvgIpc) is 2.98. The van der Waals surface area contributed by atoms with E-state index >= 15 is 0 Å². The van der Waals surface area contributed by atoms with Crippen LogP contribution in [-0.2, 0) is 22.2 Å². The molecule has 6 nitrogen and oxygen atoms in total. The van der Waals surface area contributed by atoms with Gasteiger partial charge in [-0.3, -0.25) is 14.5 Å². The number of benzene rings is 2. The number of alkyl halides is 3. The van der Waals surface area contributed by atoms with Crippen LogP contribution in [0.1, 0.15) is 42.4 Å². The monoisotopic (exact) mass is 454 g/mol. The highest BCUT2D eigenvalue weighted by Gasteiger charge is 2.58. The second-order valence-corrected chi connectivity index (χ2v) is 8.25. The molecule has 2 aliphatic rings. The molecule has 2 amide bonds. The zero-order valence-electron chi connectivity index (χ0n) is 17.7. The lowest BCUT2D eigenvalue weighted by Crippen LogP contribution is -2.54. The van der Waals surface area contributed by atoms with Crippen LogP contribution in [-0.4, -0.2) is 17.4 Å². The minimum Gasteiger partial charge on any atom is -0.370 e. The topological polar surface area (TPSA) is 90.4 Å². The van der Waals surface area contributed by atoms with Crippen LogP contribution in [0, 0.1) is 11.3 Å². The summed E-state index contributed by atoms with van der Waals surface area (Å²) in [5, 5.41) is 9.07. The highest BCUT2D eigenvalue weighted by atomic mass is 19.4. The molecule has 1 heterocycles. The molecular formula is C24H21F3N4O2. The molecule has 1 saturated carbocycles. The van der Waals surface area contributed by atoms with Crippen molar-refractivity contribution in [1.29, 1.82) is 5.26 Å². The summed E-state index contributed by atoms with van der Waals surface area (Å²) in [6.45, 7) is 4.04. The van der Waals surface area contributed by atoms with Gasteiger partial charge in [0.1, 0.15) is 11.4 Å². The zero-order valence-corrected chi connectivity index (χ0v) is 17.7. The van der Waals surface area contributed by atoms with Crippen LogP contribution in [0.3, 0.4) is 0 Å².